The number of hydrogen-bond acceptors (Lipinski definition) is 4. The number of pyridine rings is 2. The van der Waals surface area contributed by atoms with Crippen LogP contribution in [0.5, 0.6) is 11.8 Å². The van der Waals surface area contributed by atoms with Crippen LogP contribution in [-0.2, 0) is 0 Å². The molecule has 2 aromatic heterocycles. The molecule has 0 radical (unpaired) electrons. The zero-order valence-electron chi connectivity index (χ0n) is 17.4. The monoisotopic (exact) mass is 382 g/mol. The van der Waals surface area contributed by atoms with Gasteiger partial charge in [0.1, 0.15) is 0 Å². The molecule has 2 aromatic rings. The van der Waals surface area contributed by atoms with Crippen molar-refractivity contribution in [2.75, 3.05) is 13.2 Å². The van der Waals surface area contributed by atoms with Crippen LogP contribution in [-0.4, -0.2) is 23.2 Å². The molecule has 2 heterocycles. The van der Waals surface area contributed by atoms with Gasteiger partial charge in [0.15, 0.2) is 0 Å². The Morgan fingerprint density at radius 1 is 0.643 bits per heavy atom. The molecule has 0 aromatic carbocycles. The lowest BCUT2D eigenvalue weighted by Crippen LogP contribution is -2.00. The lowest BCUT2D eigenvalue weighted by Gasteiger charge is -2.06. The molecule has 0 atom stereocenters. The maximum Gasteiger partial charge on any atom is 0.213 e. The molecule has 0 saturated carbocycles. The molecule has 152 valence electrons. The molecule has 0 bridgehead atoms. The third-order valence-electron chi connectivity index (χ3n) is 4.41. The van der Waals surface area contributed by atoms with Crippen molar-refractivity contribution in [1.82, 2.24) is 9.97 Å². The highest BCUT2D eigenvalue weighted by Gasteiger charge is 1.99. The van der Waals surface area contributed by atoms with Crippen LogP contribution in [0.1, 0.15) is 76.6 Å². The molecular formula is C24H34N2O2. The van der Waals surface area contributed by atoms with Gasteiger partial charge in [-0.05, 0) is 37.1 Å². The second-order valence-corrected chi connectivity index (χ2v) is 6.95. The van der Waals surface area contributed by atoms with Crippen LogP contribution in [0.25, 0.3) is 12.2 Å². The van der Waals surface area contributed by atoms with Crippen LogP contribution in [0, 0.1) is 0 Å². The van der Waals surface area contributed by atoms with Crippen molar-refractivity contribution in [3.8, 4) is 11.8 Å². The number of ether oxygens (including phenoxy) is 2. The van der Waals surface area contributed by atoms with Gasteiger partial charge in [0.05, 0.1) is 24.6 Å². The van der Waals surface area contributed by atoms with Crippen molar-refractivity contribution >= 4 is 12.2 Å². The summed E-state index contributed by atoms with van der Waals surface area (Å²) in [4.78, 5) is 9.08. The van der Waals surface area contributed by atoms with E-state index in [2.05, 4.69) is 23.8 Å². The Bertz CT molecular complexity index is 641. The number of hydrogen-bond donors (Lipinski definition) is 0. The fourth-order valence-electron chi connectivity index (χ4n) is 2.79. The van der Waals surface area contributed by atoms with Gasteiger partial charge in [-0.2, -0.15) is 0 Å². The van der Waals surface area contributed by atoms with E-state index in [9.17, 15) is 0 Å². The van der Waals surface area contributed by atoms with Gasteiger partial charge in [0.2, 0.25) is 11.8 Å². The van der Waals surface area contributed by atoms with Gasteiger partial charge < -0.3 is 9.47 Å². The number of unbranched alkanes of at least 4 members (excludes halogenated alkanes) is 6. The van der Waals surface area contributed by atoms with Crippen molar-refractivity contribution in [3.05, 3.63) is 47.8 Å². The predicted molar refractivity (Wildman–Crippen MR) is 117 cm³/mol. The number of nitrogens with zero attached hydrogens (tertiary/aromatic N) is 2. The maximum absolute atomic E-state index is 5.76. The zero-order chi connectivity index (χ0) is 19.9. The van der Waals surface area contributed by atoms with E-state index >= 15 is 0 Å². The molecule has 4 heteroatoms. The van der Waals surface area contributed by atoms with E-state index in [4.69, 9.17) is 9.47 Å². The molecule has 4 nitrogen and oxygen atoms in total. The summed E-state index contributed by atoms with van der Waals surface area (Å²) in [5.41, 5.74) is 1.72. The van der Waals surface area contributed by atoms with Crippen LogP contribution < -0.4 is 9.47 Å². The molecule has 2 rings (SSSR count). The SMILES string of the molecule is CCCCCCOc1cccc(C=Cc2cccc(OCCCCCC)n2)n1. The van der Waals surface area contributed by atoms with E-state index in [1.165, 1.54) is 38.5 Å². The average Bonchev–Trinajstić information content (AvgIpc) is 2.73. The largest absolute Gasteiger partial charge is 0.478 e. The highest BCUT2D eigenvalue weighted by Crippen LogP contribution is 2.14. The van der Waals surface area contributed by atoms with Crippen molar-refractivity contribution in [1.29, 1.82) is 0 Å². The van der Waals surface area contributed by atoms with E-state index in [0.29, 0.717) is 11.8 Å². The average molecular weight is 383 g/mol. The van der Waals surface area contributed by atoms with E-state index in [1.54, 1.807) is 0 Å². The standard InChI is InChI=1S/C24H34N2O2/c1-3-5-7-9-19-27-23-15-11-13-21(25-23)17-18-22-14-12-16-24(26-22)28-20-10-8-6-4-2/h11-18H,3-10,19-20H2,1-2H3. The quantitative estimate of drug-likeness (QED) is 0.347. The van der Waals surface area contributed by atoms with E-state index in [-0.39, 0.29) is 0 Å². The summed E-state index contributed by atoms with van der Waals surface area (Å²) in [6.45, 7) is 5.86. The molecule has 0 aliphatic carbocycles. The first kappa shape index (κ1) is 21.9. The summed E-state index contributed by atoms with van der Waals surface area (Å²) in [7, 11) is 0. The fourth-order valence-corrected chi connectivity index (χ4v) is 2.79. The highest BCUT2D eigenvalue weighted by molar-refractivity contribution is 5.66. The molecule has 0 aliphatic rings. The molecule has 0 spiro atoms. The van der Waals surface area contributed by atoms with Crippen molar-refractivity contribution in [2.45, 2.75) is 65.2 Å². The van der Waals surface area contributed by atoms with Gasteiger partial charge in [-0.15, -0.1) is 0 Å². The normalized spacial score (nSPS) is 11.1. The van der Waals surface area contributed by atoms with Gasteiger partial charge in [0.25, 0.3) is 0 Å². The molecule has 0 fully saturated rings. The summed E-state index contributed by atoms with van der Waals surface area (Å²) in [6.07, 6.45) is 13.5. The number of aromatic nitrogens is 2. The molecular weight excluding hydrogens is 348 g/mol. The lowest BCUT2D eigenvalue weighted by molar-refractivity contribution is 0.293. The van der Waals surface area contributed by atoms with Crippen molar-refractivity contribution in [2.24, 2.45) is 0 Å². The Labute approximate surface area is 170 Å². The third-order valence-corrected chi connectivity index (χ3v) is 4.41. The first-order chi connectivity index (χ1) is 13.8. The molecule has 0 saturated heterocycles. The maximum atomic E-state index is 5.76. The van der Waals surface area contributed by atoms with Gasteiger partial charge in [-0.3, -0.25) is 0 Å². The van der Waals surface area contributed by atoms with Crippen molar-refractivity contribution < 1.29 is 9.47 Å². The van der Waals surface area contributed by atoms with Crippen LogP contribution in [0.4, 0.5) is 0 Å². The summed E-state index contributed by atoms with van der Waals surface area (Å²) in [5, 5.41) is 0. The van der Waals surface area contributed by atoms with E-state index < -0.39 is 0 Å². The summed E-state index contributed by atoms with van der Waals surface area (Å²) in [5.74, 6) is 1.35. The topological polar surface area (TPSA) is 44.2 Å². The minimum Gasteiger partial charge on any atom is -0.478 e. The van der Waals surface area contributed by atoms with Crippen LogP contribution in [0.15, 0.2) is 36.4 Å². The van der Waals surface area contributed by atoms with E-state index in [1.807, 2.05) is 48.6 Å². The summed E-state index contributed by atoms with van der Waals surface area (Å²) in [6, 6.07) is 11.7. The first-order valence-electron chi connectivity index (χ1n) is 10.7. The second-order valence-electron chi connectivity index (χ2n) is 6.95. The summed E-state index contributed by atoms with van der Waals surface area (Å²) < 4.78 is 11.5. The second kappa shape index (κ2) is 13.8. The fraction of sp³-hybridized carbons (Fsp3) is 0.500. The number of rotatable bonds is 14. The van der Waals surface area contributed by atoms with Gasteiger partial charge >= 0.3 is 0 Å². The van der Waals surface area contributed by atoms with Crippen LogP contribution >= 0.6 is 0 Å². The minimum absolute atomic E-state index is 0.677. The highest BCUT2D eigenvalue weighted by atomic mass is 16.5. The predicted octanol–water partition coefficient (Wildman–Crippen LogP) is 6.57. The molecule has 0 amide bonds. The molecule has 0 N–H and O–H groups in total. The Balaban J connectivity index is 1.84. The Hall–Kier alpha value is -2.36. The van der Waals surface area contributed by atoms with Gasteiger partial charge in [-0.25, -0.2) is 9.97 Å². The Kier molecular flexibility index (Phi) is 10.8. The first-order valence-corrected chi connectivity index (χ1v) is 10.7. The molecule has 28 heavy (non-hydrogen) atoms. The Morgan fingerprint density at radius 3 is 1.54 bits per heavy atom. The molecule has 0 unspecified atom stereocenters. The van der Waals surface area contributed by atoms with E-state index in [0.717, 1.165) is 37.4 Å². The third kappa shape index (κ3) is 9.03. The minimum atomic E-state index is 0.677. The van der Waals surface area contributed by atoms with Crippen molar-refractivity contribution in [3.63, 3.8) is 0 Å². The zero-order valence-corrected chi connectivity index (χ0v) is 17.4. The van der Waals surface area contributed by atoms with Crippen LogP contribution in [0.3, 0.4) is 0 Å². The lowest BCUT2D eigenvalue weighted by atomic mass is 10.2. The van der Waals surface area contributed by atoms with Gasteiger partial charge in [0, 0.05) is 12.1 Å². The summed E-state index contributed by atoms with van der Waals surface area (Å²) >= 11 is 0. The van der Waals surface area contributed by atoms with Crippen LogP contribution in [0.2, 0.25) is 0 Å². The molecule has 0 aliphatic heterocycles. The Morgan fingerprint density at radius 2 is 1.11 bits per heavy atom. The smallest absolute Gasteiger partial charge is 0.213 e. The van der Waals surface area contributed by atoms with Gasteiger partial charge in [-0.1, -0.05) is 64.5 Å².